The van der Waals surface area contributed by atoms with Crippen molar-refractivity contribution in [3.05, 3.63) is 224 Å². The average molecular weight is 801 g/mol. The second kappa shape index (κ2) is 14.3. The lowest BCUT2D eigenvalue weighted by molar-refractivity contribution is 0.965. The zero-order valence-electron chi connectivity index (χ0n) is 34.6. The molecule has 0 amide bonds. The van der Waals surface area contributed by atoms with E-state index in [1.165, 1.54) is 98.5 Å². The molecule has 0 saturated carbocycles. The van der Waals surface area contributed by atoms with Crippen molar-refractivity contribution in [1.29, 1.82) is 0 Å². The fourth-order valence-electron chi connectivity index (χ4n) is 10.5. The molecule has 0 atom stereocenters. The molecule has 0 unspecified atom stereocenters. The number of allylic oxidation sites excluding steroid dienone is 1. The Kier molecular flexibility index (Phi) is 8.07. The van der Waals surface area contributed by atoms with Gasteiger partial charge in [-0.25, -0.2) is 4.98 Å². The van der Waals surface area contributed by atoms with Crippen molar-refractivity contribution in [2.75, 3.05) is 0 Å². The number of hydrogen-bond donors (Lipinski definition) is 0. The van der Waals surface area contributed by atoms with Gasteiger partial charge in [0.2, 0.25) is 0 Å². The number of benzene rings is 10. The highest BCUT2D eigenvalue weighted by Crippen LogP contribution is 2.47. The summed E-state index contributed by atoms with van der Waals surface area (Å²) in [5, 5.41) is 12.4. The molecule has 1 aliphatic rings. The van der Waals surface area contributed by atoms with Gasteiger partial charge in [-0.3, -0.25) is 4.40 Å². The topological polar surface area (TPSA) is 17.3 Å². The van der Waals surface area contributed by atoms with Gasteiger partial charge in [-0.1, -0.05) is 188 Å². The van der Waals surface area contributed by atoms with Crippen LogP contribution in [0.3, 0.4) is 0 Å². The fourth-order valence-corrected chi connectivity index (χ4v) is 10.5. The van der Waals surface area contributed by atoms with Crippen molar-refractivity contribution in [3.8, 4) is 55.9 Å². The Bertz CT molecular complexity index is 3840. The highest BCUT2D eigenvalue weighted by Gasteiger charge is 2.24. The summed E-state index contributed by atoms with van der Waals surface area (Å²) in [7, 11) is 0. The Labute approximate surface area is 365 Å². The SMILES string of the molecule is C1=Cc2c(c3cc(-c4ccc5c(-c6ccc7ccccc7c6)c6ccccc6c(-c6ccc7ccccc7c6)c5c4)ccc3c3nc(-c4ccccc4)c(-c4ccccc4)n23)CC1. The van der Waals surface area contributed by atoms with Gasteiger partial charge in [-0.2, -0.15) is 0 Å². The number of aromatic nitrogens is 2. The monoisotopic (exact) mass is 800 g/mol. The first kappa shape index (κ1) is 35.7. The van der Waals surface area contributed by atoms with Crippen molar-refractivity contribution < 1.29 is 0 Å². The third kappa shape index (κ3) is 5.69. The minimum Gasteiger partial charge on any atom is -0.291 e. The lowest BCUT2D eigenvalue weighted by Gasteiger charge is -2.20. The molecule has 2 nitrogen and oxygen atoms in total. The Morgan fingerprint density at radius 1 is 0.365 bits per heavy atom. The molecule has 13 rings (SSSR count). The van der Waals surface area contributed by atoms with Crippen LogP contribution in [0.1, 0.15) is 17.7 Å². The van der Waals surface area contributed by atoms with Crippen LogP contribution in [0.25, 0.3) is 121 Å². The Morgan fingerprint density at radius 3 is 1.52 bits per heavy atom. The van der Waals surface area contributed by atoms with Crippen LogP contribution in [-0.4, -0.2) is 9.38 Å². The first-order valence-electron chi connectivity index (χ1n) is 22.0. The molecule has 2 heterocycles. The number of rotatable bonds is 5. The molecule has 63 heavy (non-hydrogen) atoms. The molecule has 0 fully saturated rings. The zero-order chi connectivity index (χ0) is 41.4. The summed E-state index contributed by atoms with van der Waals surface area (Å²) >= 11 is 0. The number of pyridine rings is 1. The number of hydrogen-bond acceptors (Lipinski definition) is 1. The standard InChI is InChI=1S/C61H40N2/c1-3-17-41(18-4-1)59-60(42-19-5-2-6-20-42)63-56-26-14-13-23-49(56)54-37-45(32-34-53(54)61(63)62-59)46-31-33-52-55(38-46)58(48-30-28-40-16-8-10-22-44(40)36-48)51-25-12-11-24-50(51)57(52)47-29-27-39-15-7-9-21-43(39)35-47/h1-12,14-22,24-38H,13,23H2. The molecule has 0 bridgehead atoms. The van der Waals surface area contributed by atoms with Crippen LogP contribution in [0.2, 0.25) is 0 Å². The van der Waals surface area contributed by atoms with Crippen molar-refractivity contribution in [3.63, 3.8) is 0 Å². The zero-order valence-corrected chi connectivity index (χ0v) is 34.6. The second-order valence-electron chi connectivity index (χ2n) is 16.9. The van der Waals surface area contributed by atoms with Gasteiger partial charge in [0.05, 0.1) is 17.1 Å². The predicted octanol–water partition coefficient (Wildman–Crippen LogP) is 16.4. The fraction of sp³-hybridized carbons (Fsp3) is 0.0328. The number of nitrogens with zero attached hydrogens (tertiary/aromatic N) is 2. The minimum absolute atomic E-state index is 0.972. The minimum atomic E-state index is 0.972. The van der Waals surface area contributed by atoms with Crippen molar-refractivity contribution in [1.82, 2.24) is 9.38 Å². The molecular formula is C61H40N2. The molecule has 0 spiro atoms. The van der Waals surface area contributed by atoms with Crippen LogP contribution >= 0.6 is 0 Å². The smallest absolute Gasteiger partial charge is 0.146 e. The van der Waals surface area contributed by atoms with Gasteiger partial charge < -0.3 is 0 Å². The summed E-state index contributed by atoms with van der Waals surface area (Å²) in [6, 6.07) is 75.9. The van der Waals surface area contributed by atoms with E-state index in [1.807, 2.05) is 0 Å². The maximum absolute atomic E-state index is 5.52. The highest BCUT2D eigenvalue weighted by molar-refractivity contribution is 6.22. The summed E-state index contributed by atoms with van der Waals surface area (Å²) < 4.78 is 2.43. The van der Waals surface area contributed by atoms with Crippen molar-refractivity contribution >= 4 is 65.6 Å². The summed E-state index contributed by atoms with van der Waals surface area (Å²) in [5.74, 6) is 0. The third-order valence-corrected chi connectivity index (χ3v) is 13.4. The molecule has 0 saturated heterocycles. The summed E-state index contributed by atoms with van der Waals surface area (Å²) in [6.45, 7) is 0. The van der Waals surface area contributed by atoms with E-state index in [1.54, 1.807) is 0 Å². The molecular weight excluding hydrogens is 761 g/mol. The van der Waals surface area contributed by atoms with E-state index in [0.29, 0.717) is 0 Å². The summed E-state index contributed by atoms with van der Waals surface area (Å²) in [5.41, 5.74) is 15.4. The molecule has 0 N–H and O–H groups in total. The molecule has 12 aromatic rings. The van der Waals surface area contributed by atoms with Crippen LogP contribution in [0, 0.1) is 0 Å². The Hall–Kier alpha value is -8.07. The lowest BCUT2D eigenvalue weighted by atomic mass is 9.84. The number of fused-ring (bicyclic) bond motifs is 10. The van der Waals surface area contributed by atoms with E-state index in [0.717, 1.165) is 41.0 Å². The molecule has 10 aromatic carbocycles. The molecule has 0 aliphatic heterocycles. The van der Waals surface area contributed by atoms with Gasteiger partial charge in [0.25, 0.3) is 0 Å². The van der Waals surface area contributed by atoms with Crippen LogP contribution < -0.4 is 0 Å². The highest BCUT2D eigenvalue weighted by atomic mass is 15.0. The van der Waals surface area contributed by atoms with Crippen LogP contribution in [0.4, 0.5) is 0 Å². The summed E-state index contributed by atoms with van der Waals surface area (Å²) in [6.07, 6.45) is 6.63. The second-order valence-corrected chi connectivity index (χ2v) is 16.9. The first-order chi connectivity index (χ1) is 31.2. The Balaban J connectivity index is 1.08. The average Bonchev–Trinajstić information content (AvgIpc) is 3.77. The third-order valence-electron chi connectivity index (χ3n) is 13.4. The molecule has 294 valence electrons. The largest absolute Gasteiger partial charge is 0.291 e. The maximum Gasteiger partial charge on any atom is 0.146 e. The lowest BCUT2D eigenvalue weighted by Crippen LogP contribution is -2.05. The van der Waals surface area contributed by atoms with E-state index in [2.05, 4.69) is 223 Å². The van der Waals surface area contributed by atoms with Crippen LogP contribution in [0.15, 0.2) is 212 Å². The van der Waals surface area contributed by atoms with E-state index in [4.69, 9.17) is 4.98 Å². The van der Waals surface area contributed by atoms with Gasteiger partial charge in [-0.15, -0.1) is 0 Å². The molecule has 2 heteroatoms. The quantitative estimate of drug-likeness (QED) is 0.159. The van der Waals surface area contributed by atoms with Gasteiger partial charge in [0.1, 0.15) is 5.65 Å². The van der Waals surface area contributed by atoms with E-state index >= 15 is 0 Å². The number of aryl methyl sites for hydroxylation is 1. The van der Waals surface area contributed by atoms with Crippen molar-refractivity contribution in [2.24, 2.45) is 0 Å². The Morgan fingerprint density at radius 2 is 0.873 bits per heavy atom. The van der Waals surface area contributed by atoms with Crippen molar-refractivity contribution in [2.45, 2.75) is 12.8 Å². The number of imidazole rings is 1. The van der Waals surface area contributed by atoms with Crippen LogP contribution in [-0.2, 0) is 6.42 Å². The molecule has 2 aromatic heterocycles. The van der Waals surface area contributed by atoms with Gasteiger partial charge in [-0.05, 0) is 131 Å². The van der Waals surface area contributed by atoms with E-state index in [9.17, 15) is 0 Å². The summed E-state index contributed by atoms with van der Waals surface area (Å²) in [4.78, 5) is 5.52. The van der Waals surface area contributed by atoms with E-state index < -0.39 is 0 Å². The van der Waals surface area contributed by atoms with Crippen LogP contribution in [0.5, 0.6) is 0 Å². The molecule has 0 radical (unpaired) electrons. The first-order valence-corrected chi connectivity index (χ1v) is 22.0. The van der Waals surface area contributed by atoms with E-state index in [-0.39, 0.29) is 0 Å². The predicted molar refractivity (Wildman–Crippen MR) is 267 cm³/mol. The van der Waals surface area contributed by atoms with Gasteiger partial charge in [0.15, 0.2) is 0 Å². The van der Waals surface area contributed by atoms with Gasteiger partial charge in [0, 0.05) is 16.5 Å². The molecule has 1 aliphatic carbocycles. The van der Waals surface area contributed by atoms with Gasteiger partial charge >= 0.3 is 0 Å². The maximum atomic E-state index is 5.52. The normalized spacial score (nSPS) is 12.6.